The number of aromatic carboxylic acids is 1. The predicted molar refractivity (Wildman–Crippen MR) is 59.6 cm³/mol. The summed E-state index contributed by atoms with van der Waals surface area (Å²) >= 11 is 0. The molecule has 1 N–H and O–H groups in total. The Morgan fingerprint density at radius 2 is 2.27 bits per heavy atom. The van der Waals surface area contributed by atoms with Crippen molar-refractivity contribution in [2.45, 2.75) is 25.8 Å². The van der Waals surface area contributed by atoms with Crippen molar-refractivity contribution in [2.24, 2.45) is 0 Å². The molecule has 15 heavy (non-hydrogen) atoms. The van der Waals surface area contributed by atoms with Crippen LogP contribution in [0.25, 0.3) is 0 Å². The van der Waals surface area contributed by atoms with Gasteiger partial charge in [0.25, 0.3) is 0 Å². The van der Waals surface area contributed by atoms with Gasteiger partial charge in [0.15, 0.2) is 0 Å². The van der Waals surface area contributed by atoms with Crippen molar-refractivity contribution in [1.29, 1.82) is 0 Å². The number of rotatable bonds is 1. The zero-order chi connectivity index (χ0) is 11.0. The fourth-order valence-electron chi connectivity index (χ4n) is 2.06. The quantitative estimate of drug-likeness (QED) is 0.763. The number of carbonyl (C=O) groups is 1. The Bertz CT molecular complexity index is 401. The smallest absolute Gasteiger partial charge is 0.335 e. The van der Waals surface area contributed by atoms with Gasteiger partial charge in [0.1, 0.15) is 0 Å². The zero-order valence-corrected chi connectivity index (χ0v) is 9.03. The molecule has 3 nitrogen and oxygen atoms in total. The largest absolute Gasteiger partial charge is 0.478 e. The summed E-state index contributed by atoms with van der Waals surface area (Å²) in [6, 6.07) is 5.91. The summed E-state index contributed by atoms with van der Waals surface area (Å²) in [6.07, 6.45) is 2.06. The Hall–Kier alpha value is -1.51. The molecule has 1 aromatic rings. The molecular weight excluding hydrogens is 190 g/mol. The highest BCUT2D eigenvalue weighted by Gasteiger charge is 2.20. The van der Waals surface area contributed by atoms with Crippen molar-refractivity contribution in [3.05, 3.63) is 29.3 Å². The van der Waals surface area contributed by atoms with E-state index in [-0.39, 0.29) is 0 Å². The van der Waals surface area contributed by atoms with Crippen LogP contribution in [0.15, 0.2) is 18.2 Å². The van der Waals surface area contributed by atoms with Crippen LogP contribution in [0.5, 0.6) is 0 Å². The lowest BCUT2D eigenvalue weighted by atomic mass is 9.95. The number of benzene rings is 1. The van der Waals surface area contributed by atoms with Gasteiger partial charge < -0.3 is 10.0 Å². The summed E-state index contributed by atoms with van der Waals surface area (Å²) in [6.45, 7) is 2.19. The molecule has 0 bridgehead atoms. The molecule has 1 heterocycles. The second-order valence-corrected chi connectivity index (χ2v) is 4.15. The van der Waals surface area contributed by atoms with Gasteiger partial charge in [0.2, 0.25) is 0 Å². The number of hydrogen-bond donors (Lipinski definition) is 1. The van der Waals surface area contributed by atoms with Crippen LogP contribution >= 0.6 is 0 Å². The first-order valence-electron chi connectivity index (χ1n) is 5.18. The number of fused-ring (bicyclic) bond motifs is 1. The van der Waals surface area contributed by atoms with E-state index >= 15 is 0 Å². The molecule has 1 aliphatic rings. The standard InChI is InChI=1S/C12H15NO2/c1-8-3-4-9-7-10(12(14)15)5-6-11(9)13(8)2/h5-8H,3-4H2,1-2H3,(H,14,15)/t8-/m0/s1. The van der Waals surface area contributed by atoms with Crippen LogP contribution in [0.3, 0.4) is 0 Å². The summed E-state index contributed by atoms with van der Waals surface area (Å²) in [5.41, 5.74) is 2.70. The van der Waals surface area contributed by atoms with Gasteiger partial charge in [-0.1, -0.05) is 0 Å². The molecule has 0 saturated heterocycles. The maximum Gasteiger partial charge on any atom is 0.335 e. The monoisotopic (exact) mass is 205 g/mol. The summed E-state index contributed by atoms with van der Waals surface area (Å²) in [7, 11) is 2.06. The molecule has 0 radical (unpaired) electrons. The maximum atomic E-state index is 10.8. The SMILES string of the molecule is C[C@H]1CCc2cc(C(=O)O)ccc2N1C. The van der Waals surface area contributed by atoms with Crippen molar-refractivity contribution >= 4 is 11.7 Å². The molecule has 0 fully saturated rings. The van der Waals surface area contributed by atoms with E-state index in [4.69, 9.17) is 5.11 Å². The van der Waals surface area contributed by atoms with Crippen molar-refractivity contribution < 1.29 is 9.90 Å². The molecule has 0 amide bonds. The number of aryl methyl sites for hydroxylation is 1. The highest BCUT2D eigenvalue weighted by molar-refractivity contribution is 5.88. The van der Waals surface area contributed by atoms with Crippen LogP contribution in [0.1, 0.15) is 29.3 Å². The fourth-order valence-corrected chi connectivity index (χ4v) is 2.06. The van der Waals surface area contributed by atoms with E-state index in [1.807, 2.05) is 6.07 Å². The normalized spacial score (nSPS) is 19.9. The molecule has 0 unspecified atom stereocenters. The molecule has 0 aromatic heterocycles. The van der Waals surface area contributed by atoms with Crippen LogP contribution in [0, 0.1) is 0 Å². The van der Waals surface area contributed by atoms with E-state index in [9.17, 15) is 4.79 Å². The number of anilines is 1. The lowest BCUT2D eigenvalue weighted by Crippen LogP contribution is -2.33. The average Bonchev–Trinajstić information content (AvgIpc) is 2.23. The van der Waals surface area contributed by atoms with Crippen LogP contribution in [-0.4, -0.2) is 24.2 Å². The Kier molecular flexibility index (Phi) is 2.39. The predicted octanol–water partition coefficient (Wildman–Crippen LogP) is 2.16. The average molecular weight is 205 g/mol. The van der Waals surface area contributed by atoms with Crippen LogP contribution in [0.2, 0.25) is 0 Å². The van der Waals surface area contributed by atoms with E-state index in [1.54, 1.807) is 12.1 Å². The van der Waals surface area contributed by atoms with Gasteiger partial charge in [-0.25, -0.2) is 4.79 Å². The third-order valence-corrected chi connectivity index (χ3v) is 3.20. The Morgan fingerprint density at radius 3 is 2.93 bits per heavy atom. The second kappa shape index (κ2) is 3.57. The fraction of sp³-hybridized carbons (Fsp3) is 0.417. The Labute approximate surface area is 89.3 Å². The first-order valence-corrected chi connectivity index (χ1v) is 5.18. The third kappa shape index (κ3) is 1.69. The van der Waals surface area contributed by atoms with Crippen LogP contribution in [0.4, 0.5) is 5.69 Å². The lowest BCUT2D eigenvalue weighted by molar-refractivity contribution is 0.0697. The number of nitrogens with zero attached hydrogens (tertiary/aromatic N) is 1. The van der Waals surface area contributed by atoms with E-state index in [0.717, 1.165) is 18.4 Å². The second-order valence-electron chi connectivity index (χ2n) is 4.15. The molecular formula is C12H15NO2. The molecule has 0 aliphatic carbocycles. The molecule has 1 aliphatic heterocycles. The van der Waals surface area contributed by atoms with E-state index in [0.29, 0.717) is 11.6 Å². The first-order chi connectivity index (χ1) is 7.09. The summed E-state index contributed by atoms with van der Waals surface area (Å²) in [5.74, 6) is -0.848. The van der Waals surface area contributed by atoms with Gasteiger partial charge >= 0.3 is 5.97 Å². The minimum atomic E-state index is -0.848. The number of carboxylic acid groups (broad SMARTS) is 1. The van der Waals surface area contributed by atoms with Gasteiger partial charge in [0.05, 0.1) is 5.56 Å². The third-order valence-electron chi connectivity index (χ3n) is 3.20. The highest BCUT2D eigenvalue weighted by Crippen LogP contribution is 2.29. The van der Waals surface area contributed by atoms with Gasteiger partial charge in [-0.05, 0) is 43.5 Å². The van der Waals surface area contributed by atoms with Crippen molar-refractivity contribution in [2.75, 3.05) is 11.9 Å². The minimum Gasteiger partial charge on any atom is -0.478 e. The lowest BCUT2D eigenvalue weighted by Gasteiger charge is -2.33. The molecule has 2 rings (SSSR count). The highest BCUT2D eigenvalue weighted by atomic mass is 16.4. The van der Waals surface area contributed by atoms with E-state index < -0.39 is 5.97 Å². The van der Waals surface area contributed by atoms with E-state index in [2.05, 4.69) is 18.9 Å². The summed E-state index contributed by atoms with van der Waals surface area (Å²) in [4.78, 5) is 13.0. The molecule has 0 saturated carbocycles. The van der Waals surface area contributed by atoms with Gasteiger partial charge in [-0.15, -0.1) is 0 Å². The zero-order valence-electron chi connectivity index (χ0n) is 9.03. The molecule has 80 valence electrons. The van der Waals surface area contributed by atoms with Gasteiger partial charge in [0, 0.05) is 18.8 Å². The van der Waals surface area contributed by atoms with Crippen molar-refractivity contribution in [3.8, 4) is 0 Å². The van der Waals surface area contributed by atoms with Crippen LogP contribution < -0.4 is 4.90 Å². The van der Waals surface area contributed by atoms with E-state index in [1.165, 1.54) is 5.69 Å². The Morgan fingerprint density at radius 1 is 1.53 bits per heavy atom. The maximum absolute atomic E-state index is 10.8. The van der Waals surface area contributed by atoms with Gasteiger partial charge in [-0.3, -0.25) is 0 Å². The number of carboxylic acids is 1. The minimum absolute atomic E-state index is 0.386. The number of hydrogen-bond acceptors (Lipinski definition) is 2. The van der Waals surface area contributed by atoms with Crippen molar-refractivity contribution in [3.63, 3.8) is 0 Å². The van der Waals surface area contributed by atoms with Crippen LogP contribution in [-0.2, 0) is 6.42 Å². The summed E-state index contributed by atoms with van der Waals surface area (Å²) in [5, 5.41) is 8.89. The Balaban J connectivity index is 2.42. The molecule has 0 spiro atoms. The summed E-state index contributed by atoms with van der Waals surface area (Å²) < 4.78 is 0. The topological polar surface area (TPSA) is 40.5 Å². The first kappa shape index (κ1) is 10.0. The molecule has 3 heteroatoms. The van der Waals surface area contributed by atoms with Gasteiger partial charge in [-0.2, -0.15) is 0 Å². The molecule has 1 aromatic carbocycles. The molecule has 1 atom stereocenters. The van der Waals surface area contributed by atoms with Crippen molar-refractivity contribution in [1.82, 2.24) is 0 Å².